The summed E-state index contributed by atoms with van der Waals surface area (Å²) in [6, 6.07) is 5.03. The third-order valence-electron chi connectivity index (χ3n) is 4.87. The lowest BCUT2D eigenvalue weighted by atomic mass is 9.91. The van der Waals surface area contributed by atoms with Gasteiger partial charge in [0.2, 0.25) is 0 Å². The van der Waals surface area contributed by atoms with Crippen molar-refractivity contribution >= 4 is 17.0 Å². The fourth-order valence-electron chi connectivity index (χ4n) is 3.46. The molecule has 28 heavy (non-hydrogen) atoms. The molecule has 0 aliphatic carbocycles. The predicted molar refractivity (Wildman–Crippen MR) is 119 cm³/mol. The third-order valence-corrected chi connectivity index (χ3v) is 4.87. The van der Waals surface area contributed by atoms with Crippen molar-refractivity contribution < 1.29 is 0 Å². The Morgan fingerprint density at radius 1 is 1.25 bits per heavy atom. The second-order valence-electron chi connectivity index (χ2n) is 6.65. The van der Waals surface area contributed by atoms with Gasteiger partial charge in [0.25, 0.3) is 0 Å². The Morgan fingerprint density at radius 3 is 2.79 bits per heavy atom. The monoisotopic (exact) mass is 367 g/mol. The van der Waals surface area contributed by atoms with Gasteiger partial charge in [-0.05, 0) is 68.2 Å². The smallest absolute Gasteiger partial charge is 0.143 e. The van der Waals surface area contributed by atoms with E-state index in [9.17, 15) is 0 Å². The highest BCUT2D eigenvalue weighted by Crippen LogP contribution is 2.32. The second-order valence-corrected chi connectivity index (χ2v) is 6.65. The largest absolute Gasteiger partial charge is 0.320 e. The molecule has 2 aliphatic rings. The molecular formula is C25H25N3. The molecule has 3 heteroatoms. The Kier molecular flexibility index (Phi) is 5.91. The van der Waals surface area contributed by atoms with Gasteiger partial charge in [0, 0.05) is 35.3 Å². The number of hydrogen-bond donors (Lipinski definition) is 0. The lowest BCUT2D eigenvalue weighted by molar-refractivity contribution is 0.625. The molecule has 0 radical (unpaired) electrons. The molecule has 1 aromatic rings. The molecule has 1 aromatic heterocycles. The predicted octanol–water partition coefficient (Wildman–Crippen LogP) is 5.46. The average Bonchev–Trinajstić information content (AvgIpc) is 2.71. The first-order valence-corrected chi connectivity index (χ1v) is 9.41. The summed E-state index contributed by atoms with van der Waals surface area (Å²) >= 11 is 0. The van der Waals surface area contributed by atoms with Crippen molar-refractivity contribution in [1.82, 2.24) is 9.88 Å². The van der Waals surface area contributed by atoms with Crippen LogP contribution in [0.1, 0.15) is 37.6 Å². The van der Waals surface area contributed by atoms with E-state index in [1.54, 1.807) is 0 Å². The lowest BCUT2D eigenvalue weighted by Gasteiger charge is -2.25. The van der Waals surface area contributed by atoms with Gasteiger partial charge in [0.1, 0.15) is 5.84 Å². The van der Waals surface area contributed by atoms with Crippen LogP contribution in [0.2, 0.25) is 0 Å². The van der Waals surface area contributed by atoms with E-state index >= 15 is 0 Å². The Hall–Kier alpha value is -3.38. The molecular weight excluding hydrogens is 342 g/mol. The zero-order chi connectivity index (χ0) is 20.1. The molecule has 0 spiro atoms. The van der Waals surface area contributed by atoms with E-state index in [4.69, 9.17) is 0 Å². The number of rotatable bonds is 5. The van der Waals surface area contributed by atoms with Gasteiger partial charge in [-0.1, -0.05) is 36.8 Å². The fraction of sp³-hybridized carbons (Fsp3) is 0.200. The maximum atomic E-state index is 4.69. The summed E-state index contributed by atoms with van der Waals surface area (Å²) in [7, 11) is 0. The number of amidine groups is 1. The van der Waals surface area contributed by atoms with E-state index in [1.807, 2.05) is 24.4 Å². The molecule has 0 saturated heterocycles. The van der Waals surface area contributed by atoms with Crippen LogP contribution in [-0.4, -0.2) is 22.3 Å². The first kappa shape index (κ1) is 19.4. The zero-order valence-electron chi connectivity index (χ0n) is 17.0. The number of aryl methyl sites for hydroxylation is 1. The van der Waals surface area contributed by atoms with E-state index in [0.29, 0.717) is 6.54 Å². The van der Waals surface area contributed by atoms with Gasteiger partial charge in [0.05, 0.1) is 6.54 Å². The average molecular weight is 367 g/mol. The van der Waals surface area contributed by atoms with Gasteiger partial charge in [0.15, 0.2) is 0 Å². The first-order valence-electron chi connectivity index (χ1n) is 9.41. The van der Waals surface area contributed by atoms with E-state index in [1.165, 1.54) is 5.57 Å². The van der Waals surface area contributed by atoms with Crippen molar-refractivity contribution in [1.29, 1.82) is 0 Å². The Labute approximate surface area is 167 Å². The quantitative estimate of drug-likeness (QED) is 0.511. The molecule has 0 fully saturated rings. The highest BCUT2D eigenvalue weighted by molar-refractivity contribution is 5.99. The van der Waals surface area contributed by atoms with Crippen LogP contribution in [0.25, 0.3) is 11.1 Å². The highest BCUT2D eigenvalue weighted by Gasteiger charge is 2.18. The minimum absolute atomic E-state index is 0.662. The van der Waals surface area contributed by atoms with E-state index < -0.39 is 0 Å². The van der Waals surface area contributed by atoms with Crippen LogP contribution < -0.4 is 0 Å². The van der Waals surface area contributed by atoms with Gasteiger partial charge in [-0.15, -0.1) is 0 Å². The third kappa shape index (κ3) is 3.82. The van der Waals surface area contributed by atoms with Crippen molar-refractivity contribution in [2.45, 2.75) is 27.7 Å². The number of allylic oxidation sites excluding steroid dienone is 9. The van der Waals surface area contributed by atoms with Crippen LogP contribution in [0.5, 0.6) is 0 Å². The van der Waals surface area contributed by atoms with Gasteiger partial charge >= 0.3 is 0 Å². The Bertz CT molecular complexity index is 1050. The van der Waals surface area contributed by atoms with Crippen LogP contribution in [0.3, 0.4) is 0 Å². The molecule has 140 valence electrons. The molecule has 0 atom stereocenters. The molecule has 0 N–H and O–H groups in total. The zero-order valence-corrected chi connectivity index (χ0v) is 17.0. The molecule has 0 saturated carbocycles. The van der Waals surface area contributed by atoms with Crippen molar-refractivity contribution in [3.8, 4) is 12.0 Å². The van der Waals surface area contributed by atoms with Crippen molar-refractivity contribution in [2.75, 3.05) is 6.54 Å². The lowest BCUT2D eigenvalue weighted by Crippen LogP contribution is -2.28. The molecule has 2 aliphatic heterocycles. The minimum atomic E-state index is 0.662. The topological polar surface area (TPSA) is 28.5 Å². The number of aliphatic imine (C=N–C) groups is 1. The van der Waals surface area contributed by atoms with Gasteiger partial charge in [-0.2, -0.15) is 4.99 Å². The summed E-state index contributed by atoms with van der Waals surface area (Å²) < 4.78 is 0. The number of fused-ring (bicyclic) bond motifs is 1. The number of aromatic nitrogens is 1. The maximum absolute atomic E-state index is 4.69. The summed E-state index contributed by atoms with van der Waals surface area (Å²) in [5, 5.41) is 0. The summed E-state index contributed by atoms with van der Waals surface area (Å²) in [5.41, 5.74) is 7.85. The van der Waals surface area contributed by atoms with Crippen molar-refractivity contribution in [2.24, 2.45) is 4.99 Å². The standard InChI is InChI=1S/C25H25N3/c1-6-10-18(4)22(7-2)21-15-24(19(5)27-16-21)23(8-3)20-11-12-25-26-13-9-14-28(25)17-20/h6-8,10-12,15-17H,1,14H2,2-5H3/b18-10-,22-7+,23-8-. The molecule has 0 aromatic carbocycles. The van der Waals surface area contributed by atoms with E-state index in [0.717, 1.165) is 39.4 Å². The van der Waals surface area contributed by atoms with Gasteiger partial charge in [-0.3, -0.25) is 4.98 Å². The number of hydrogen-bond acceptors (Lipinski definition) is 3. The summed E-state index contributed by atoms with van der Waals surface area (Å²) in [6.07, 6.45) is 16.3. The van der Waals surface area contributed by atoms with Crippen molar-refractivity contribution in [3.05, 3.63) is 89.5 Å². The maximum Gasteiger partial charge on any atom is 0.143 e. The molecule has 3 nitrogen and oxygen atoms in total. The number of pyridine rings is 1. The fourth-order valence-corrected chi connectivity index (χ4v) is 3.46. The normalized spacial score (nSPS) is 16.7. The molecule has 0 amide bonds. The van der Waals surface area contributed by atoms with Crippen LogP contribution in [0, 0.1) is 18.9 Å². The van der Waals surface area contributed by atoms with Gasteiger partial charge in [-0.25, -0.2) is 0 Å². The summed E-state index contributed by atoms with van der Waals surface area (Å²) in [6.45, 7) is 12.7. The van der Waals surface area contributed by atoms with Gasteiger partial charge < -0.3 is 4.90 Å². The summed E-state index contributed by atoms with van der Waals surface area (Å²) in [4.78, 5) is 11.0. The van der Waals surface area contributed by atoms with Crippen LogP contribution >= 0.6 is 0 Å². The molecule has 0 unspecified atom stereocenters. The Balaban J connectivity index is 2.03. The molecule has 3 heterocycles. The second kappa shape index (κ2) is 8.54. The van der Waals surface area contributed by atoms with Crippen molar-refractivity contribution in [3.63, 3.8) is 0 Å². The van der Waals surface area contributed by atoms with Crippen LogP contribution in [0.15, 0.2) is 77.6 Å². The Morgan fingerprint density at radius 2 is 2.07 bits per heavy atom. The van der Waals surface area contributed by atoms with Crippen LogP contribution in [-0.2, 0) is 0 Å². The summed E-state index contributed by atoms with van der Waals surface area (Å²) in [5.74, 6) is 3.92. The minimum Gasteiger partial charge on any atom is -0.320 e. The van der Waals surface area contributed by atoms with E-state index in [-0.39, 0.29) is 0 Å². The molecule has 0 bridgehead atoms. The molecule has 3 rings (SSSR count). The highest BCUT2D eigenvalue weighted by atomic mass is 15.2. The van der Waals surface area contributed by atoms with E-state index in [2.05, 4.69) is 91.6 Å². The van der Waals surface area contributed by atoms with Crippen LogP contribution in [0.4, 0.5) is 0 Å². The SMILES string of the molecule is C=C/C=C(C)\C(=C/C)c1cnc(C)c(/C(=C\C)C2=CN3CC#CN=C3C=C2)c1. The number of nitrogens with zero attached hydrogens (tertiary/aromatic N) is 3. The first-order chi connectivity index (χ1) is 13.6.